The molecule has 4 rings (SSSR count). The van der Waals surface area contributed by atoms with Crippen LogP contribution < -0.4 is 10.6 Å². The Morgan fingerprint density at radius 1 is 0.571 bits per heavy atom. The molecule has 4 aromatic rings. The molecule has 7 heteroatoms. The highest BCUT2D eigenvalue weighted by molar-refractivity contribution is 7.91. The van der Waals surface area contributed by atoms with Gasteiger partial charge in [-0.05, 0) is 74.5 Å². The van der Waals surface area contributed by atoms with E-state index in [0.29, 0.717) is 22.5 Å². The van der Waals surface area contributed by atoms with Crippen LogP contribution in [0.4, 0.5) is 11.4 Å². The van der Waals surface area contributed by atoms with Crippen LogP contribution in [0.2, 0.25) is 0 Å². The Morgan fingerprint density at radius 3 is 1.63 bits per heavy atom. The van der Waals surface area contributed by atoms with Crippen LogP contribution in [0.1, 0.15) is 31.8 Å². The molecule has 0 unspecified atom stereocenters. The van der Waals surface area contributed by atoms with Crippen LogP contribution >= 0.6 is 0 Å². The molecule has 2 amide bonds. The Morgan fingerprint density at radius 2 is 1.09 bits per heavy atom. The predicted octanol–water partition coefficient (Wildman–Crippen LogP) is 5.64. The van der Waals surface area contributed by atoms with Crippen LogP contribution in [0, 0.1) is 13.8 Å². The lowest BCUT2D eigenvalue weighted by Crippen LogP contribution is -2.13. The summed E-state index contributed by atoms with van der Waals surface area (Å²) in [5.74, 6) is -0.663. The van der Waals surface area contributed by atoms with Gasteiger partial charge in [0.05, 0.1) is 9.79 Å². The number of aryl methyl sites for hydroxylation is 2. The lowest BCUT2D eigenvalue weighted by atomic mass is 10.1. The number of sulfone groups is 1. The van der Waals surface area contributed by atoms with Crippen molar-refractivity contribution in [2.45, 2.75) is 23.6 Å². The molecule has 0 radical (unpaired) electrons. The van der Waals surface area contributed by atoms with E-state index >= 15 is 0 Å². The molecule has 0 fully saturated rings. The molecular formula is C28H24N2O4S. The average Bonchev–Trinajstić information content (AvgIpc) is 2.85. The number of anilines is 2. The number of hydrogen-bond donors (Lipinski definition) is 2. The van der Waals surface area contributed by atoms with E-state index in [4.69, 9.17) is 0 Å². The molecule has 2 N–H and O–H groups in total. The van der Waals surface area contributed by atoms with Gasteiger partial charge in [0.2, 0.25) is 9.84 Å². The summed E-state index contributed by atoms with van der Waals surface area (Å²) in [4.78, 5) is 25.2. The van der Waals surface area contributed by atoms with Gasteiger partial charge in [-0.25, -0.2) is 8.42 Å². The summed E-state index contributed by atoms with van der Waals surface area (Å²) < 4.78 is 26.6. The fourth-order valence-electron chi connectivity index (χ4n) is 3.52. The molecular weight excluding hydrogens is 460 g/mol. The maximum absolute atomic E-state index is 13.3. The van der Waals surface area contributed by atoms with Crippen LogP contribution in [0.5, 0.6) is 0 Å². The molecule has 0 saturated carbocycles. The number of rotatable bonds is 6. The van der Waals surface area contributed by atoms with Crippen molar-refractivity contribution >= 4 is 33.0 Å². The number of amides is 2. The van der Waals surface area contributed by atoms with Crippen molar-refractivity contribution in [2.24, 2.45) is 0 Å². The average molecular weight is 485 g/mol. The van der Waals surface area contributed by atoms with Crippen molar-refractivity contribution < 1.29 is 18.0 Å². The molecule has 35 heavy (non-hydrogen) atoms. The minimum atomic E-state index is -3.90. The minimum absolute atomic E-state index is 0.0290. The Bertz CT molecular complexity index is 1510. The lowest BCUT2D eigenvalue weighted by Gasteiger charge is -2.11. The highest BCUT2D eigenvalue weighted by atomic mass is 32.2. The van der Waals surface area contributed by atoms with E-state index < -0.39 is 9.84 Å². The summed E-state index contributed by atoms with van der Waals surface area (Å²) >= 11 is 0. The third-order valence-electron chi connectivity index (χ3n) is 5.40. The van der Waals surface area contributed by atoms with Gasteiger partial charge in [0.15, 0.2) is 0 Å². The smallest absolute Gasteiger partial charge is 0.255 e. The number of benzene rings is 4. The molecule has 0 aliphatic carbocycles. The quantitative estimate of drug-likeness (QED) is 0.370. The molecule has 6 nitrogen and oxygen atoms in total. The Labute approximate surface area is 204 Å². The molecule has 0 aromatic heterocycles. The molecule has 0 bridgehead atoms. The zero-order valence-electron chi connectivity index (χ0n) is 19.3. The maximum Gasteiger partial charge on any atom is 0.255 e. The van der Waals surface area contributed by atoms with Gasteiger partial charge in [0.25, 0.3) is 11.8 Å². The van der Waals surface area contributed by atoms with Crippen LogP contribution in [0.25, 0.3) is 0 Å². The van der Waals surface area contributed by atoms with Gasteiger partial charge in [-0.1, -0.05) is 47.5 Å². The molecule has 176 valence electrons. The van der Waals surface area contributed by atoms with E-state index in [1.54, 1.807) is 54.6 Å². The zero-order valence-corrected chi connectivity index (χ0v) is 20.1. The third-order valence-corrected chi connectivity index (χ3v) is 7.15. The van der Waals surface area contributed by atoms with Crippen LogP contribution in [0.3, 0.4) is 0 Å². The molecule has 0 saturated heterocycles. The first-order valence-electron chi connectivity index (χ1n) is 10.9. The summed E-state index contributed by atoms with van der Waals surface area (Å²) in [5, 5.41) is 5.49. The highest BCUT2D eigenvalue weighted by Crippen LogP contribution is 2.26. The van der Waals surface area contributed by atoms with E-state index in [2.05, 4.69) is 10.6 Å². The third kappa shape index (κ3) is 5.65. The second-order valence-corrected chi connectivity index (χ2v) is 10.2. The van der Waals surface area contributed by atoms with Crippen LogP contribution in [-0.4, -0.2) is 20.2 Å². The molecule has 0 atom stereocenters. The monoisotopic (exact) mass is 484 g/mol. The van der Waals surface area contributed by atoms with E-state index in [9.17, 15) is 18.0 Å². The van der Waals surface area contributed by atoms with Crippen LogP contribution in [-0.2, 0) is 9.84 Å². The molecule has 0 aliphatic rings. The summed E-state index contributed by atoms with van der Waals surface area (Å²) in [6.07, 6.45) is 0. The van der Waals surface area contributed by atoms with Gasteiger partial charge in [-0.2, -0.15) is 0 Å². The summed E-state index contributed by atoms with van der Waals surface area (Å²) in [6.45, 7) is 3.82. The second-order valence-electron chi connectivity index (χ2n) is 8.20. The minimum Gasteiger partial charge on any atom is -0.322 e. The topological polar surface area (TPSA) is 92.3 Å². The molecule has 0 spiro atoms. The van der Waals surface area contributed by atoms with E-state index in [1.807, 2.05) is 32.0 Å². The van der Waals surface area contributed by atoms with Gasteiger partial charge >= 0.3 is 0 Å². The second kappa shape index (κ2) is 9.95. The SMILES string of the molecule is Cc1ccc(C(=O)Nc2cccc(S(=O)(=O)c3cccc(NC(=O)c4cccc(C)c4)c3)c2)cc1. The normalized spacial score (nSPS) is 11.0. The fourth-order valence-corrected chi connectivity index (χ4v) is 4.87. The van der Waals surface area contributed by atoms with Gasteiger partial charge in [0, 0.05) is 22.5 Å². The number of nitrogens with one attached hydrogen (secondary N) is 2. The first kappa shape index (κ1) is 23.9. The standard InChI is InChI=1S/C28H24N2O4S/c1-19-12-14-21(15-13-19)27(31)29-23-8-4-10-25(17-23)35(33,34)26-11-5-9-24(18-26)30-28(32)22-7-3-6-20(2)16-22/h3-18H,1-2H3,(H,29,31)(H,30,32). The highest BCUT2D eigenvalue weighted by Gasteiger charge is 2.19. The van der Waals surface area contributed by atoms with E-state index in [1.165, 1.54) is 24.3 Å². The van der Waals surface area contributed by atoms with E-state index in [0.717, 1.165) is 11.1 Å². The fraction of sp³-hybridized carbons (Fsp3) is 0.0714. The summed E-state index contributed by atoms with van der Waals surface area (Å²) in [5.41, 5.74) is 3.66. The van der Waals surface area contributed by atoms with Gasteiger partial charge in [-0.15, -0.1) is 0 Å². The van der Waals surface area contributed by atoms with Crippen molar-refractivity contribution in [1.29, 1.82) is 0 Å². The maximum atomic E-state index is 13.3. The van der Waals surface area contributed by atoms with E-state index in [-0.39, 0.29) is 21.6 Å². The molecule has 0 aliphatic heterocycles. The summed E-state index contributed by atoms with van der Waals surface area (Å²) in [7, 11) is -3.90. The zero-order chi connectivity index (χ0) is 25.0. The first-order chi connectivity index (χ1) is 16.7. The Kier molecular flexibility index (Phi) is 6.80. The van der Waals surface area contributed by atoms with Crippen molar-refractivity contribution in [1.82, 2.24) is 0 Å². The number of carbonyl (C=O) groups excluding carboxylic acids is 2. The number of carbonyl (C=O) groups is 2. The van der Waals surface area contributed by atoms with Crippen molar-refractivity contribution in [3.05, 3.63) is 119 Å². The number of hydrogen-bond acceptors (Lipinski definition) is 4. The summed E-state index contributed by atoms with van der Waals surface area (Å²) in [6, 6.07) is 26.4. The van der Waals surface area contributed by atoms with Crippen LogP contribution in [0.15, 0.2) is 107 Å². The lowest BCUT2D eigenvalue weighted by molar-refractivity contribution is 0.101. The van der Waals surface area contributed by atoms with Gasteiger partial charge in [-0.3, -0.25) is 9.59 Å². The van der Waals surface area contributed by atoms with Gasteiger partial charge < -0.3 is 10.6 Å². The first-order valence-corrected chi connectivity index (χ1v) is 12.4. The van der Waals surface area contributed by atoms with Crippen molar-refractivity contribution in [3.63, 3.8) is 0 Å². The molecule has 0 heterocycles. The predicted molar refractivity (Wildman–Crippen MR) is 137 cm³/mol. The molecule has 4 aromatic carbocycles. The van der Waals surface area contributed by atoms with Crippen molar-refractivity contribution in [2.75, 3.05) is 10.6 Å². The largest absolute Gasteiger partial charge is 0.322 e. The van der Waals surface area contributed by atoms with Crippen molar-refractivity contribution in [3.8, 4) is 0 Å². The Balaban J connectivity index is 1.55. The Hall–Kier alpha value is -4.23. The van der Waals surface area contributed by atoms with Gasteiger partial charge in [0.1, 0.15) is 0 Å².